The Balaban J connectivity index is 1.70. The molecular formula is C23H24ClN3O4. The zero-order valence-electron chi connectivity index (χ0n) is 17.0. The number of carbonyl (C=O) groups is 4. The van der Waals surface area contributed by atoms with Crippen LogP contribution in [-0.4, -0.2) is 53.5 Å². The van der Waals surface area contributed by atoms with Crippen molar-refractivity contribution in [2.45, 2.75) is 25.3 Å². The predicted molar refractivity (Wildman–Crippen MR) is 117 cm³/mol. The van der Waals surface area contributed by atoms with Gasteiger partial charge in [0.15, 0.2) is 0 Å². The summed E-state index contributed by atoms with van der Waals surface area (Å²) < 4.78 is 0. The SMILES string of the molecule is O=C(CCCCl)NCCNC(=O)C(Cc1ccccc1)N1C(=O)c2ccccc2C1=O. The highest BCUT2D eigenvalue weighted by molar-refractivity contribution is 6.22. The minimum absolute atomic E-state index is 0.143. The van der Waals surface area contributed by atoms with Crippen molar-refractivity contribution in [3.05, 3.63) is 71.3 Å². The van der Waals surface area contributed by atoms with Gasteiger partial charge in [-0.2, -0.15) is 0 Å². The molecule has 7 nitrogen and oxygen atoms in total. The van der Waals surface area contributed by atoms with Gasteiger partial charge in [-0.25, -0.2) is 0 Å². The first-order chi connectivity index (χ1) is 15.0. The van der Waals surface area contributed by atoms with Crippen LogP contribution in [0.2, 0.25) is 0 Å². The van der Waals surface area contributed by atoms with Crippen molar-refractivity contribution in [1.82, 2.24) is 15.5 Å². The van der Waals surface area contributed by atoms with Gasteiger partial charge >= 0.3 is 0 Å². The fraction of sp³-hybridized carbons (Fsp3) is 0.304. The quantitative estimate of drug-likeness (QED) is 0.335. The van der Waals surface area contributed by atoms with Crippen molar-refractivity contribution in [2.75, 3.05) is 19.0 Å². The second kappa shape index (κ2) is 10.7. The molecule has 0 aliphatic carbocycles. The largest absolute Gasteiger partial charge is 0.354 e. The first-order valence-corrected chi connectivity index (χ1v) is 10.7. The van der Waals surface area contributed by atoms with Gasteiger partial charge in [0.25, 0.3) is 11.8 Å². The Morgan fingerprint density at radius 3 is 2.06 bits per heavy atom. The average molecular weight is 442 g/mol. The Labute approximate surface area is 185 Å². The number of hydrogen-bond acceptors (Lipinski definition) is 4. The van der Waals surface area contributed by atoms with Crippen LogP contribution < -0.4 is 10.6 Å². The Bertz CT molecular complexity index is 929. The number of halogens is 1. The van der Waals surface area contributed by atoms with E-state index in [0.717, 1.165) is 10.5 Å². The van der Waals surface area contributed by atoms with Gasteiger partial charge in [-0.1, -0.05) is 42.5 Å². The molecule has 8 heteroatoms. The van der Waals surface area contributed by atoms with Crippen molar-refractivity contribution >= 4 is 35.2 Å². The summed E-state index contributed by atoms with van der Waals surface area (Å²) in [5, 5.41) is 5.44. The Hall–Kier alpha value is -3.19. The van der Waals surface area contributed by atoms with Crippen LogP contribution in [0.5, 0.6) is 0 Å². The maximum atomic E-state index is 13.0. The molecule has 1 atom stereocenters. The molecule has 2 N–H and O–H groups in total. The normalized spacial score (nSPS) is 13.6. The highest BCUT2D eigenvalue weighted by Gasteiger charge is 2.42. The van der Waals surface area contributed by atoms with Crippen LogP contribution >= 0.6 is 11.6 Å². The summed E-state index contributed by atoms with van der Waals surface area (Å²) in [4.78, 5) is 51.5. The van der Waals surface area contributed by atoms with Crippen LogP contribution in [-0.2, 0) is 16.0 Å². The van der Waals surface area contributed by atoms with Gasteiger partial charge in [0.05, 0.1) is 11.1 Å². The predicted octanol–water partition coefficient (Wildman–Crippen LogP) is 2.15. The van der Waals surface area contributed by atoms with E-state index in [0.29, 0.717) is 29.8 Å². The van der Waals surface area contributed by atoms with Crippen LogP contribution in [0.3, 0.4) is 0 Å². The molecule has 1 aliphatic rings. The van der Waals surface area contributed by atoms with Crippen molar-refractivity contribution in [3.8, 4) is 0 Å². The molecule has 0 fully saturated rings. The highest BCUT2D eigenvalue weighted by atomic mass is 35.5. The molecule has 1 unspecified atom stereocenters. The fourth-order valence-electron chi connectivity index (χ4n) is 3.45. The number of rotatable bonds is 10. The molecule has 0 spiro atoms. The van der Waals surface area contributed by atoms with Gasteiger partial charge in [0.2, 0.25) is 11.8 Å². The summed E-state index contributed by atoms with van der Waals surface area (Å²) in [6, 6.07) is 14.8. The lowest BCUT2D eigenvalue weighted by Crippen LogP contribution is -2.51. The van der Waals surface area contributed by atoms with Crippen LogP contribution in [0.15, 0.2) is 54.6 Å². The number of carbonyl (C=O) groups excluding carboxylic acids is 4. The number of fused-ring (bicyclic) bond motifs is 1. The van der Waals surface area contributed by atoms with Gasteiger partial charge in [-0.3, -0.25) is 24.1 Å². The Morgan fingerprint density at radius 2 is 1.45 bits per heavy atom. The molecule has 0 saturated carbocycles. The van der Waals surface area contributed by atoms with E-state index >= 15 is 0 Å². The summed E-state index contributed by atoms with van der Waals surface area (Å²) >= 11 is 5.57. The van der Waals surface area contributed by atoms with E-state index in [4.69, 9.17) is 11.6 Å². The number of nitrogens with one attached hydrogen (secondary N) is 2. The first kappa shape index (κ1) is 22.5. The van der Waals surface area contributed by atoms with Crippen LogP contribution in [0.1, 0.15) is 39.1 Å². The zero-order chi connectivity index (χ0) is 22.2. The molecule has 4 amide bonds. The first-order valence-electron chi connectivity index (χ1n) is 10.1. The molecule has 2 aromatic carbocycles. The molecule has 0 aromatic heterocycles. The summed E-state index contributed by atoms with van der Waals surface area (Å²) in [6.45, 7) is 0.424. The second-order valence-corrected chi connectivity index (χ2v) is 7.54. The number of alkyl halides is 1. The fourth-order valence-corrected chi connectivity index (χ4v) is 3.58. The maximum absolute atomic E-state index is 13.0. The van der Waals surface area contributed by atoms with E-state index in [1.54, 1.807) is 24.3 Å². The molecule has 2 aromatic rings. The van der Waals surface area contributed by atoms with Crippen molar-refractivity contribution < 1.29 is 19.2 Å². The summed E-state index contributed by atoms with van der Waals surface area (Å²) in [7, 11) is 0. The minimum atomic E-state index is -0.998. The van der Waals surface area contributed by atoms with E-state index in [1.807, 2.05) is 30.3 Å². The molecule has 31 heavy (non-hydrogen) atoms. The van der Waals surface area contributed by atoms with E-state index in [-0.39, 0.29) is 25.4 Å². The summed E-state index contributed by atoms with van der Waals surface area (Å²) in [5.74, 6) is -1.15. The van der Waals surface area contributed by atoms with Crippen LogP contribution in [0.4, 0.5) is 0 Å². The summed E-state index contributed by atoms with van der Waals surface area (Å²) in [5.41, 5.74) is 1.42. The maximum Gasteiger partial charge on any atom is 0.262 e. The molecular weight excluding hydrogens is 418 g/mol. The minimum Gasteiger partial charge on any atom is -0.354 e. The number of benzene rings is 2. The van der Waals surface area contributed by atoms with Crippen molar-refractivity contribution in [1.29, 1.82) is 0 Å². The topological polar surface area (TPSA) is 95.6 Å². The Morgan fingerprint density at radius 1 is 0.871 bits per heavy atom. The Kier molecular flexibility index (Phi) is 7.78. The van der Waals surface area contributed by atoms with Crippen LogP contribution in [0, 0.1) is 0 Å². The van der Waals surface area contributed by atoms with E-state index in [9.17, 15) is 19.2 Å². The molecule has 0 bridgehead atoms. The molecule has 162 valence electrons. The number of imide groups is 1. The van der Waals surface area contributed by atoms with Gasteiger partial charge in [0, 0.05) is 31.8 Å². The third kappa shape index (κ3) is 5.49. The zero-order valence-corrected chi connectivity index (χ0v) is 17.7. The molecule has 3 rings (SSSR count). The highest BCUT2D eigenvalue weighted by Crippen LogP contribution is 2.26. The van der Waals surface area contributed by atoms with Gasteiger partial charge in [-0.05, 0) is 24.1 Å². The van der Waals surface area contributed by atoms with Crippen molar-refractivity contribution in [2.24, 2.45) is 0 Å². The smallest absolute Gasteiger partial charge is 0.262 e. The molecule has 0 saturated heterocycles. The van der Waals surface area contributed by atoms with Gasteiger partial charge < -0.3 is 10.6 Å². The molecule has 1 heterocycles. The number of nitrogens with zero attached hydrogens (tertiary/aromatic N) is 1. The average Bonchev–Trinajstić information content (AvgIpc) is 3.04. The molecule has 1 aliphatic heterocycles. The van der Waals surface area contributed by atoms with E-state index in [2.05, 4.69) is 10.6 Å². The second-order valence-electron chi connectivity index (χ2n) is 7.16. The monoisotopic (exact) mass is 441 g/mol. The van der Waals surface area contributed by atoms with E-state index in [1.165, 1.54) is 0 Å². The lowest BCUT2D eigenvalue weighted by atomic mass is 10.0. The molecule has 0 radical (unpaired) electrons. The third-order valence-electron chi connectivity index (χ3n) is 5.00. The summed E-state index contributed by atoms with van der Waals surface area (Å²) in [6.07, 6.45) is 1.10. The van der Waals surface area contributed by atoms with Gasteiger partial charge in [0.1, 0.15) is 6.04 Å². The van der Waals surface area contributed by atoms with Crippen molar-refractivity contribution in [3.63, 3.8) is 0 Å². The number of amides is 4. The third-order valence-corrected chi connectivity index (χ3v) is 5.26. The van der Waals surface area contributed by atoms with E-state index < -0.39 is 23.8 Å². The van der Waals surface area contributed by atoms with Crippen LogP contribution in [0.25, 0.3) is 0 Å². The lowest BCUT2D eigenvalue weighted by molar-refractivity contribution is -0.125. The lowest BCUT2D eigenvalue weighted by Gasteiger charge is -2.25. The number of hydrogen-bond donors (Lipinski definition) is 2. The standard InChI is InChI=1S/C23H24ClN3O4/c24-12-6-11-20(28)25-13-14-26-21(29)19(15-16-7-2-1-3-8-16)27-22(30)17-9-4-5-10-18(17)23(27)31/h1-5,7-10,19H,6,11-15H2,(H,25,28)(H,26,29). The van der Waals surface area contributed by atoms with Gasteiger partial charge in [-0.15, -0.1) is 11.6 Å².